The summed E-state index contributed by atoms with van der Waals surface area (Å²) in [4.78, 5) is 0. The first-order valence-electron chi connectivity index (χ1n) is 6.09. The van der Waals surface area contributed by atoms with Gasteiger partial charge in [0, 0.05) is 5.88 Å². The highest BCUT2D eigenvalue weighted by molar-refractivity contribution is 7.15. The fraction of sp³-hybridized carbons (Fsp3) is 0.818. The van der Waals surface area contributed by atoms with E-state index in [1.54, 1.807) is 0 Å². The number of nitrogens with zero attached hydrogens (tertiary/aromatic N) is 2. The van der Waals surface area contributed by atoms with Gasteiger partial charge in [-0.2, -0.15) is 13.2 Å². The molecule has 0 saturated heterocycles. The molecule has 108 valence electrons. The van der Waals surface area contributed by atoms with Crippen LogP contribution in [0.5, 0.6) is 0 Å². The van der Waals surface area contributed by atoms with Gasteiger partial charge in [0.2, 0.25) is 10.1 Å². The number of anilines is 1. The molecule has 1 aliphatic carbocycles. The molecule has 1 saturated carbocycles. The maximum absolute atomic E-state index is 12.5. The summed E-state index contributed by atoms with van der Waals surface area (Å²) < 4.78 is 37.4. The normalized spacial score (nSPS) is 28.4. The van der Waals surface area contributed by atoms with Crippen LogP contribution in [0.3, 0.4) is 0 Å². The lowest BCUT2D eigenvalue weighted by molar-refractivity contribution is -0.138. The van der Waals surface area contributed by atoms with Crippen LogP contribution in [-0.2, 0) is 6.18 Å². The largest absolute Gasteiger partial charge is 0.445 e. The van der Waals surface area contributed by atoms with Gasteiger partial charge in [-0.3, -0.25) is 0 Å². The van der Waals surface area contributed by atoms with E-state index in [0.29, 0.717) is 23.1 Å². The van der Waals surface area contributed by atoms with Crippen LogP contribution in [0.1, 0.15) is 37.6 Å². The van der Waals surface area contributed by atoms with Gasteiger partial charge in [-0.25, -0.2) is 0 Å². The van der Waals surface area contributed by atoms with Crippen molar-refractivity contribution in [1.82, 2.24) is 10.2 Å². The van der Waals surface area contributed by atoms with Crippen molar-refractivity contribution < 1.29 is 13.2 Å². The van der Waals surface area contributed by atoms with Crippen molar-refractivity contribution >= 4 is 28.1 Å². The molecular formula is C11H15ClF3N3S. The summed E-state index contributed by atoms with van der Waals surface area (Å²) in [6.45, 7) is 2.13. The lowest BCUT2D eigenvalue weighted by Crippen LogP contribution is -2.44. The zero-order chi connectivity index (χ0) is 14.1. The third-order valence-electron chi connectivity index (χ3n) is 3.39. The maximum atomic E-state index is 12.5. The Labute approximate surface area is 118 Å². The van der Waals surface area contributed by atoms with Gasteiger partial charge in [0.05, 0.1) is 5.54 Å². The monoisotopic (exact) mass is 313 g/mol. The molecular weight excluding hydrogens is 299 g/mol. The minimum absolute atomic E-state index is 0.196. The van der Waals surface area contributed by atoms with E-state index >= 15 is 0 Å². The minimum atomic E-state index is -4.44. The summed E-state index contributed by atoms with van der Waals surface area (Å²) >= 11 is 6.55. The Morgan fingerprint density at radius 3 is 2.74 bits per heavy atom. The molecule has 2 unspecified atom stereocenters. The van der Waals surface area contributed by atoms with Gasteiger partial charge in [-0.15, -0.1) is 21.8 Å². The lowest BCUT2D eigenvalue weighted by atomic mass is 9.77. The Balaban J connectivity index is 2.12. The van der Waals surface area contributed by atoms with E-state index in [4.69, 9.17) is 11.6 Å². The second-order valence-corrected chi connectivity index (χ2v) is 6.40. The summed E-state index contributed by atoms with van der Waals surface area (Å²) in [6.07, 6.45) is -0.596. The molecule has 0 aliphatic heterocycles. The van der Waals surface area contributed by atoms with Gasteiger partial charge in [0.1, 0.15) is 0 Å². The molecule has 2 rings (SSSR count). The Bertz CT molecular complexity index is 437. The van der Waals surface area contributed by atoms with Crippen LogP contribution in [0.25, 0.3) is 0 Å². The highest BCUT2D eigenvalue weighted by Crippen LogP contribution is 2.38. The van der Waals surface area contributed by atoms with Crippen LogP contribution in [0, 0.1) is 5.92 Å². The number of rotatable bonds is 3. The number of nitrogens with one attached hydrogen (secondary N) is 1. The second kappa shape index (κ2) is 5.44. The van der Waals surface area contributed by atoms with Crippen molar-refractivity contribution in [1.29, 1.82) is 0 Å². The van der Waals surface area contributed by atoms with Gasteiger partial charge < -0.3 is 5.32 Å². The van der Waals surface area contributed by atoms with Crippen molar-refractivity contribution in [3.05, 3.63) is 5.01 Å². The highest BCUT2D eigenvalue weighted by Gasteiger charge is 2.38. The molecule has 1 aliphatic rings. The number of hydrogen-bond acceptors (Lipinski definition) is 4. The molecule has 19 heavy (non-hydrogen) atoms. The second-order valence-electron chi connectivity index (χ2n) is 5.15. The first-order chi connectivity index (χ1) is 8.85. The van der Waals surface area contributed by atoms with Crippen molar-refractivity contribution in [2.75, 3.05) is 11.2 Å². The molecule has 3 nitrogen and oxygen atoms in total. The van der Waals surface area contributed by atoms with Gasteiger partial charge in [0.15, 0.2) is 0 Å². The van der Waals surface area contributed by atoms with E-state index in [1.165, 1.54) is 0 Å². The van der Waals surface area contributed by atoms with Crippen molar-refractivity contribution in [3.8, 4) is 0 Å². The molecule has 0 radical (unpaired) electrons. The van der Waals surface area contributed by atoms with Crippen LogP contribution in [0.4, 0.5) is 18.3 Å². The first kappa shape index (κ1) is 14.8. The summed E-state index contributed by atoms with van der Waals surface area (Å²) in [7, 11) is 0. The average Bonchev–Trinajstić information content (AvgIpc) is 2.77. The van der Waals surface area contributed by atoms with Crippen LogP contribution in [0.15, 0.2) is 0 Å². The molecule has 1 aromatic rings. The molecule has 8 heteroatoms. The molecule has 1 heterocycles. The highest BCUT2D eigenvalue weighted by atomic mass is 35.5. The van der Waals surface area contributed by atoms with Crippen molar-refractivity contribution in [3.63, 3.8) is 0 Å². The number of halogens is 4. The van der Waals surface area contributed by atoms with Gasteiger partial charge in [-0.1, -0.05) is 31.1 Å². The van der Waals surface area contributed by atoms with E-state index in [1.807, 2.05) is 0 Å². The Morgan fingerprint density at radius 1 is 1.47 bits per heavy atom. The summed E-state index contributed by atoms with van der Waals surface area (Å²) in [5.41, 5.74) is -0.359. The standard InChI is InChI=1S/C11H15ClF3N3S/c1-7-3-2-4-10(5-7,6-12)16-9-18-17-8(19-9)11(13,14)15/h7H,2-6H2,1H3,(H,16,18). The predicted molar refractivity (Wildman–Crippen MR) is 69.6 cm³/mol. The first-order valence-corrected chi connectivity index (χ1v) is 7.45. The SMILES string of the molecule is CC1CCCC(CCl)(Nc2nnc(C(F)(F)F)s2)C1. The molecule has 0 aromatic carbocycles. The minimum Gasteiger partial charge on any atom is -0.353 e. The average molecular weight is 314 g/mol. The van der Waals surface area contributed by atoms with Gasteiger partial charge >= 0.3 is 6.18 Å². The third kappa shape index (κ3) is 3.51. The van der Waals surface area contributed by atoms with E-state index in [2.05, 4.69) is 22.4 Å². The zero-order valence-corrected chi connectivity index (χ0v) is 12.0. The predicted octanol–water partition coefficient (Wildman–Crippen LogP) is 4.16. The maximum Gasteiger partial charge on any atom is 0.445 e. The molecule has 0 amide bonds. The molecule has 1 aromatic heterocycles. The van der Waals surface area contributed by atoms with Gasteiger partial charge in [-0.05, 0) is 18.8 Å². The van der Waals surface area contributed by atoms with Crippen molar-refractivity contribution in [2.24, 2.45) is 5.92 Å². The summed E-state index contributed by atoms with van der Waals surface area (Å²) in [5.74, 6) is 0.869. The Hall–Kier alpha value is -0.560. The molecule has 1 fully saturated rings. The Kier molecular flexibility index (Phi) is 4.25. The molecule has 1 N–H and O–H groups in total. The topological polar surface area (TPSA) is 37.8 Å². The number of hydrogen-bond donors (Lipinski definition) is 1. The fourth-order valence-electron chi connectivity index (χ4n) is 2.54. The van der Waals surface area contributed by atoms with Gasteiger partial charge in [0.25, 0.3) is 0 Å². The van der Waals surface area contributed by atoms with E-state index in [-0.39, 0.29) is 10.7 Å². The third-order valence-corrected chi connectivity index (χ3v) is 4.78. The zero-order valence-electron chi connectivity index (χ0n) is 10.4. The lowest BCUT2D eigenvalue weighted by Gasteiger charge is -2.39. The number of aromatic nitrogens is 2. The molecule has 0 spiro atoms. The summed E-state index contributed by atoms with van der Waals surface area (Å²) in [5, 5.41) is 9.10. The van der Waals surface area contributed by atoms with E-state index in [0.717, 1.165) is 25.7 Å². The van der Waals surface area contributed by atoms with Crippen LogP contribution in [0.2, 0.25) is 0 Å². The van der Waals surface area contributed by atoms with Crippen molar-refractivity contribution in [2.45, 2.75) is 44.3 Å². The molecule has 0 bridgehead atoms. The van der Waals surface area contributed by atoms with E-state index in [9.17, 15) is 13.2 Å². The molecule has 2 atom stereocenters. The summed E-state index contributed by atoms with van der Waals surface area (Å²) in [6, 6.07) is 0. The van der Waals surface area contributed by atoms with E-state index < -0.39 is 11.2 Å². The number of alkyl halides is 4. The van der Waals surface area contributed by atoms with Crippen LogP contribution in [-0.4, -0.2) is 21.6 Å². The quantitative estimate of drug-likeness (QED) is 0.852. The van der Waals surface area contributed by atoms with Crippen LogP contribution < -0.4 is 5.32 Å². The smallest absolute Gasteiger partial charge is 0.353 e. The Morgan fingerprint density at radius 2 is 2.21 bits per heavy atom. The fourth-order valence-corrected chi connectivity index (χ4v) is 3.58. The van der Waals surface area contributed by atoms with Crippen LogP contribution >= 0.6 is 22.9 Å².